The van der Waals surface area contributed by atoms with Crippen LogP contribution in [0.3, 0.4) is 0 Å². The van der Waals surface area contributed by atoms with Crippen LogP contribution < -0.4 is 10.2 Å². The molecule has 1 saturated heterocycles. The topological polar surface area (TPSA) is 94.3 Å². The summed E-state index contributed by atoms with van der Waals surface area (Å²) in [6.07, 6.45) is 5.30. The third-order valence-electron chi connectivity index (χ3n) is 4.68. The van der Waals surface area contributed by atoms with E-state index in [1.165, 1.54) is 0 Å². The Morgan fingerprint density at radius 2 is 2.14 bits per heavy atom. The van der Waals surface area contributed by atoms with Crippen LogP contribution in [0.25, 0.3) is 5.65 Å². The van der Waals surface area contributed by atoms with Gasteiger partial charge in [0.1, 0.15) is 12.9 Å². The molecule has 0 saturated carbocycles. The summed E-state index contributed by atoms with van der Waals surface area (Å²) in [6.45, 7) is 8.75. The number of rotatable bonds is 4. The van der Waals surface area contributed by atoms with Gasteiger partial charge in [0, 0.05) is 58.2 Å². The van der Waals surface area contributed by atoms with E-state index in [1.807, 2.05) is 10.6 Å². The second-order valence-corrected chi connectivity index (χ2v) is 7.53. The first kappa shape index (κ1) is 23.1. The molecule has 160 valence electrons. The zero-order valence-electron chi connectivity index (χ0n) is 17.6. The lowest BCUT2D eigenvalue weighted by Gasteiger charge is -2.42. The number of nitrogens with one attached hydrogen (secondary N) is 1. The molecule has 1 unspecified atom stereocenters. The van der Waals surface area contributed by atoms with Gasteiger partial charge in [0.15, 0.2) is 11.8 Å². The van der Waals surface area contributed by atoms with Crippen LogP contribution in [0.1, 0.15) is 20.8 Å². The van der Waals surface area contributed by atoms with Crippen molar-refractivity contribution in [3.05, 3.63) is 18.7 Å². The number of carbonyl (C=O) groups is 1. The summed E-state index contributed by atoms with van der Waals surface area (Å²) in [5, 5.41) is 11.6. The van der Waals surface area contributed by atoms with Crippen LogP contribution in [0.15, 0.2) is 23.7 Å². The van der Waals surface area contributed by atoms with Crippen molar-refractivity contribution in [2.24, 2.45) is 4.99 Å². The first-order valence-corrected chi connectivity index (χ1v) is 9.54. The minimum Gasteiger partial charge on any atom is -0.354 e. The van der Waals surface area contributed by atoms with E-state index >= 15 is 0 Å². The largest absolute Gasteiger partial charge is 0.354 e. The standard InChI is InChI=1S/C18H29N9O.HI/c1-13(2)22-18(20-10-15(28)24(4)5)25-8-9-27(14(3)11-25)16-17-23-21-12-26(17)7-6-19-16;/h6-7,12-14H,8-11H2,1-5H3,(H,20,22);1H. The molecule has 2 aromatic heterocycles. The molecule has 2 aromatic rings. The summed E-state index contributed by atoms with van der Waals surface area (Å²) in [7, 11) is 3.48. The second-order valence-electron chi connectivity index (χ2n) is 7.53. The highest BCUT2D eigenvalue weighted by Crippen LogP contribution is 2.21. The number of halogens is 1. The highest BCUT2D eigenvalue weighted by atomic mass is 127. The van der Waals surface area contributed by atoms with Gasteiger partial charge < -0.3 is 20.0 Å². The fraction of sp³-hybridized carbons (Fsp3) is 0.611. The molecule has 1 fully saturated rings. The molecule has 3 heterocycles. The maximum absolute atomic E-state index is 12.0. The van der Waals surface area contributed by atoms with E-state index in [0.29, 0.717) is 0 Å². The van der Waals surface area contributed by atoms with Gasteiger partial charge in [-0.3, -0.25) is 9.20 Å². The van der Waals surface area contributed by atoms with Crippen LogP contribution in [0.4, 0.5) is 5.82 Å². The molecule has 11 heteroatoms. The number of hydrogen-bond acceptors (Lipinski definition) is 6. The molecule has 1 aliphatic heterocycles. The van der Waals surface area contributed by atoms with E-state index in [4.69, 9.17) is 0 Å². The zero-order chi connectivity index (χ0) is 20.3. The molecule has 1 N–H and O–H groups in total. The Morgan fingerprint density at radius 3 is 2.79 bits per heavy atom. The fourth-order valence-electron chi connectivity index (χ4n) is 3.19. The average Bonchev–Trinajstić information content (AvgIpc) is 3.13. The lowest BCUT2D eigenvalue weighted by Crippen LogP contribution is -2.57. The van der Waals surface area contributed by atoms with Crippen molar-refractivity contribution in [1.29, 1.82) is 0 Å². The number of anilines is 1. The molecular formula is C18H30IN9O. The number of aromatic nitrogens is 4. The number of hydrogen-bond donors (Lipinski definition) is 1. The summed E-state index contributed by atoms with van der Waals surface area (Å²) >= 11 is 0. The molecule has 1 amide bonds. The summed E-state index contributed by atoms with van der Waals surface area (Å²) in [5.74, 6) is 1.59. The minimum absolute atomic E-state index is 0. The summed E-state index contributed by atoms with van der Waals surface area (Å²) in [5.41, 5.74) is 0.758. The third-order valence-corrected chi connectivity index (χ3v) is 4.68. The van der Waals surface area contributed by atoms with Crippen molar-refractivity contribution in [3.8, 4) is 0 Å². The van der Waals surface area contributed by atoms with Crippen LogP contribution in [-0.4, -0.2) is 93.6 Å². The number of likely N-dealkylation sites (N-methyl/N-ethyl adjacent to an activating group) is 1. The molecule has 10 nitrogen and oxygen atoms in total. The Labute approximate surface area is 188 Å². The Morgan fingerprint density at radius 1 is 1.38 bits per heavy atom. The number of aliphatic imine (C=N–C) groups is 1. The number of carbonyl (C=O) groups excluding carboxylic acids is 1. The molecule has 29 heavy (non-hydrogen) atoms. The number of guanidine groups is 1. The highest BCUT2D eigenvalue weighted by molar-refractivity contribution is 14.0. The van der Waals surface area contributed by atoms with Gasteiger partial charge in [-0.2, -0.15) is 0 Å². The van der Waals surface area contributed by atoms with Crippen LogP contribution in [0.5, 0.6) is 0 Å². The van der Waals surface area contributed by atoms with E-state index < -0.39 is 0 Å². The Bertz CT molecular complexity index is 851. The molecule has 0 aromatic carbocycles. The highest BCUT2D eigenvalue weighted by Gasteiger charge is 2.28. The van der Waals surface area contributed by atoms with E-state index in [2.05, 4.69) is 56.1 Å². The monoisotopic (exact) mass is 515 g/mol. The summed E-state index contributed by atoms with van der Waals surface area (Å²) in [4.78, 5) is 27.1. The van der Waals surface area contributed by atoms with Gasteiger partial charge in [0.25, 0.3) is 0 Å². The number of fused-ring (bicyclic) bond motifs is 1. The van der Waals surface area contributed by atoms with Gasteiger partial charge in [-0.25, -0.2) is 9.98 Å². The zero-order valence-corrected chi connectivity index (χ0v) is 19.9. The smallest absolute Gasteiger partial charge is 0.243 e. The quantitative estimate of drug-likeness (QED) is 0.364. The van der Waals surface area contributed by atoms with Crippen molar-refractivity contribution in [3.63, 3.8) is 0 Å². The minimum atomic E-state index is -0.0163. The lowest BCUT2D eigenvalue weighted by molar-refractivity contribution is -0.127. The van der Waals surface area contributed by atoms with Gasteiger partial charge in [-0.15, -0.1) is 34.2 Å². The summed E-state index contributed by atoms with van der Waals surface area (Å²) < 4.78 is 1.88. The molecule has 0 spiro atoms. The van der Waals surface area contributed by atoms with E-state index in [9.17, 15) is 4.79 Å². The van der Waals surface area contributed by atoms with Gasteiger partial charge in [0.2, 0.25) is 11.6 Å². The van der Waals surface area contributed by atoms with E-state index in [0.717, 1.165) is 37.1 Å². The lowest BCUT2D eigenvalue weighted by atomic mass is 10.2. The predicted molar refractivity (Wildman–Crippen MR) is 124 cm³/mol. The Kier molecular flexibility index (Phi) is 7.99. The maximum Gasteiger partial charge on any atom is 0.243 e. The molecule has 0 bridgehead atoms. The van der Waals surface area contributed by atoms with Crippen molar-refractivity contribution in [1.82, 2.24) is 34.7 Å². The Balaban J connectivity index is 0.00000300. The van der Waals surface area contributed by atoms with Crippen molar-refractivity contribution < 1.29 is 4.79 Å². The van der Waals surface area contributed by atoms with Crippen molar-refractivity contribution >= 4 is 47.3 Å². The number of piperazine rings is 1. The van der Waals surface area contributed by atoms with Crippen molar-refractivity contribution in [2.75, 3.05) is 45.2 Å². The van der Waals surface area contributed by atoms with E-state index in [-0.39, 0.29) is 48.5 Å². The molecule has 1 atom stereocenters. The maximum atomic E-state index is 12.0. The van der Waals surface area contributed by atoms with Crippen LogP contribution in [-0.2, 0) is 4.79 Å². The van der Waals surface area contributed by atoms with Gasteiger partial charge in [-0.05, 0) is 20.8 Å². The van der Waals surface area contributed by atoms with Crippen LogP contribution in [0, 0.1) is 0 Å². The number of nitrogens with zero attached hydrogens (tertiary/aromatic N) is 8. The third kappa shape index (κ3) is 5.46. The second kappa shape index (κ2) is 10.0. The average molecular weight is 515 g/mol. The van der Waals surface area contributed by atoms with Gasteiger partial charge in [-0.1, -0.05) is 0 Å². The SMILES string of the molecule is CC(C)NC(=NCC(=O)N(C)C)N1CCN(c2nccn3cnnc23)C(C)C1.I. The first-order chi connectivity index (χ1) is 13.4. The van der Waals surface area contributed by atoms with Crippen molar-refractivity contribution in [2.45, 2.75) is 32.9 Å². The van der Waals surface area contributed by atoms with Crippen LogP contribution >= 0.6 is 24.0 Å². The van der Waals surface area contributed by atoms with Gasteiger partial charge in [0.05, 0.1) is 0 Å². The molecule has 1 aliphatic rings. The number of amides is 1. The van der Waals surface area contributed by atoms with Crippen LogP contribution in [0.2, 0.25) is 0 Å². The Hall–Kier alpha value is -2.18. The molecular weight excluding hydrogens is 485 g/mol. The predicted octanol–water partition coefficient (Wildman–Crippen LogP) is 0.695. The molecule has 0 aliphatic carbocycles. The summed E-state index contributed by atoms with van der Waals surface area (Å²) in [6, 6.07) is 0.431. The molecule has 3 rings (SSSR count). The normalized spacial score (nSPS) is 17.4. The molecule has 0 radical (unpaired) electrons. The van der Waals surface area contributed by atoms with E-state index in [1.54, 1.807) is 31.5 Å². The first-order valence-electron chi connectivity index (χ1n) is 9.54. The fourth-order valence-corrected chi connectivity index (χ4v) is 3.19. The van der Waals surface area contributed by atoms with Gasteiger partial charge >= 0.3 is 0 Å².